The number of aromatic nitrogens is 1. The van der Waals surface area contributed by atoms with Gasteiger partial charge in [-0.2, -0.15) is 0 Å². The zero-order valence-electron chi connectivity index (χ0n) is 18.0. The number of nitrogens with zero attached hydrogens (tertiary/aromatic N) is 2. The van der Waals surface area contributed by atoms with Crippen LogP contribution in [0.2, 0.25) is 0 Å². The smallest absolute Gasteiger partial charge is 0.244 e. The van der Waals surface area contributed by atoms with Crippen LogP contribution >= 0.6 is 0 Å². The van der Waals surface area contributed by atoms with Crippen molar-refractivity contribution in [1.29, 1.82) is 0 Å². The van der Waals surface area contributed by atoms with Gasteiger partial charge in [0.05, 0.1) is 11.9 Å². The van der Waals surface area contributed by atoms with Crippen LogP contribution in [0, 0.1) is 5.92 Å². The third-order valence-electron chi connectivity index (χ3n) is 5.82. The van der Waals surface area contributed by atoms with Gasteiger partial charge < -0.3 is 10.4 Å². The number of piperidine rings is 1. The van der Waals surface area contributed by atoms with Crippen LogP contribution in [-0.4, -0.2) is 68.8 Å². The third-order valence-corrected chi connectivity index (χ3v) is 9.36. The van der Waals surface area contributed by atoms with Crippen molar-refractivity contribution in [3.8, 4) is 0 Å². The SMILES string of the molecule is CCCS(=O)(=O)N1CCC(Nc2ncccc2S(=O)(=O)NCC(O)CCC2CC2)CC1. The summed E-state index contributed by atoms with van der Waals surface area (Å²) in [6.07, 6.45) is 6.46. The molecule has 0 bridgehead atoms. The van der Waals surface area contributed by atoms with E-state index in [1.165, 1.54) is 29.4 Å². The Hall–Kier alpha value is -1.27. The summed E-state index contributed by atoms with van der Waals surface area (Å²) >= 11 is 0. The van der Waals surface area contributed by atoms with Crippen LogP contribution in [0.5, 0.6) is 0 Å². The highest BCUT2D eigenvalue weighted by molar-refractivity contribution is 7.89. The van der Waals surface area contributed by atoms with Gasteiger partial charge >= 0.3 is 0 Å². The van der Waals surface area contributed by atoms with Crippen molar-refractivity contribution >= 4 is 25.9 Å². The molecule has 3 rings (SSSR count). The van der Waals surface area contributed by atoms with Crippen molar-refractivity contribution < 1.29 is 21.9 Å². The highest BCUT2D eigenvalue weighted by Gasteiger charge is 2.29. The molecule has 176 valence electrons. The Morgan fingerprint density at radius 3 is 2.55 bits per heavy atom. The number of aliphatic hydroxyl groups is 1. The molecule has 1 saturated heterocycles. The molecule has 0 spiro atoms. The molecule has 2 aliphatic rings. The molecule has 9 nitrogen and oxygen atoms in total. The van der Waals surface area contributed by atoms with Crippen molar-refractivity contribution in [2.75, 3.05) is 30.7 Å². The van der Waals surface area contributed by atoms with E-state index < -0.39 is 26.2 Å². The summed E-state index contributed by atoms with van der Waals surface area (Å²) in [4.78, 5) is 4.24. The Morgan fingerprint density at radius 1 is 1.19 bits per heavy atom. The van der Waals surface area contributed by atoms with E-state index in [4.69, 9.17) is 0 Å². The third kappa shape index (κ3) is 7.11. The van der Waals surface area contributed by atoms with Gasteiger partial charge in [-0.1, -0.05) is 19.8 Å². The van der Waals surface area contributed by atoms with E-state index in [2.05, 4.69) is 15.0 Å². The quantitative estimate of drug-likeness (QED) is 0.419. The van der Waals surface area contributed by atoms with Gasteiger partial charge in [0.1, 0.15) is 10.7 Å². The minimum absolute atomic E-state index is 0.0307. The molecular weight excluding hydrogens is 440 g/mol. The fourth-order valence-electron chi connectivity index (χ4n) is 3.79. The number of rotatable bonds is 12. The van der Waals surface area contributed by atoms with Crippen LogP contribution in [0.1, 0.15) is 51.9 Å². The second kappa shape index (κ2) is 10.6. The second-order valence-electron chi connectivity index (χ2n) is 8.51. The number of hydrogen-bond donors (Lipinski definition) is 3. The molecule has 2 fully saturated rings. The number of nitrogens with one attached hydrogen (secondary N) is 2. The summed E-state index contributed by atoms with van der Waals surface area (Å²) in [7, 11) is -7.07. The van der Waals surface area contributed by atoms with Crippen molar-refractivity contribution in [1.82, 2.24) is 14.0 Å². The maximum absolute atomic E-state index is 12.8. The first-order chi connectivity index (χ1) is 14.7. The molecule has 2 heterocycles. The zero-order chi connectivity index (χ0) is 22.5. The van der Waals surface area contributed by atoms with E-state index in [1.807, 2.05) is 6.92 Å². The van der Waals surface area contributed by atoms with E-state index in [-0.39, 0.29) is 29.1 Å². The first kappa shape index (κ1) is 24.4. The molecule has 1 aromatic rings. The van der Waals surface area contributed by atoms with Gasteiger partial charge in [-0.3, -0.25) is 0 Å². The summed E-state index contributed by atoms with van der Waals surface area (Å²) in [5.41, 5.74) is 0. The Labute approximate surface area is 185 Å². The van der Waals surface area contributed by atoms with E-state index in [0.29, 0.717) is 44.7 Å². The fraction of sp³-hybridized carbons (Fsp3) is 0.750. The molecule has 3 N–H and O–H groups in total. The average Bonchev–Trinajstić information content (AvgIpc) is 3.56. The lowest BCUT2D eigenvalue weighted by molar-refractivity contribution is 0.163. The van der Waals surface area contributed by atoms with Crippen molar-refractivity contribution in [3.63, 3.8) is 0 Å². The first-order valence-corrected chi connectivity index (χ1v) is 14.2. The largest absolute Gasteiger partial charge is 0.392 e. The minimum atomic E-state index is -3.84. The van der Waals surface area contributed by atoms with Crippen LogP contribution < -0.4 is 10.0 Å². The summed E-state index contributed by atoms with van der Waals surface area (Å²) in [6.45, 7) is 2.62. The normalized spacial score (nSPS) is 19.9. The Morgan fingerprint density at radius 2 is 1.90 bits per heavy atom. The molecule has 1 saturated carbocycles. The summed E-state index contributed by atoms with van der Waals surface area (Å²) < 4.78 is 54.1. The lowest BCUT2D eigenvalue weighted by Crippen LogP contribution is -2.43. The topological polar surface area (TPSA) is 129 Å². The number of anilines is 1. The maximum atomic E-state index is 12.8. The van der Waals surface area contributed by atoms with Crippen LogP contribution in [0.15, 0.2) is 23.2 Å². The maximum Gasteiger partial charge on any atom is 0.244 e. The number of hydrogen-bond acceptors (Lipinski definition) is 7. The highest BCUT2D eigenvalue weighted by Crippen LogP contribution is 2.33. The summed E-state index contributed by atoms with van der Waals surface area (Å²) in [5, 5.41) is 13.3. The molecule has 11 heteroatoms. The number of sulfonamides is 2. The standard InChI is InChI=1S/C20H34N4O5S2/c1-2-14-30(26,27)24-12-9-17(10-13-24)23-20-19(4-3-11-21-20)31(28,29)22-15-18(25)8-7-16-5-6-16/h3-4,11,16-18,22,25H,2,5-10,12-15H2,1H3,(H,21,23). The minimum Gasteiger partial charge on any atom is -0.392 e. The Bertz CT molecular complexity index is 927. The highest BCUT2D eigenvalue weighted by atomic mass is 32.2. The predicted molar refractivity (Wildman–Crippen MR) is 120 cm³/mol. The Balaban J connectivity index is 1.57. The lowest BCUT2D eigenvalue weighted by Gasteiger charge is -2.32. The number of pyridine rings is 1. The van der Waals surface area contributed by atoms with Gasteiger partial charge in [-0.25, -0.2) is 30.8 Å². The van der Waals surface area contributed by atoms with E-state index in [1.54, 1.807) is 6.07 Å². The van der Waals surface area contributed by atoms with E-state index in [0.717, 1.165) is 6.42 Å². The second-order valence-corrected chi connectivity index (χ2v) is 12.3. The predicted octanol–water partition coefficient (Wildman–Crippen LogP) is 1.53. The van der Waals surface area contributed by atoms with Crippen LogP contribution in [-0.2, 0) is 20.0 Å². The van der Waals surface area contributed by atoms with Gasteiger partial charge in [0.2, 0.25) is 20.0 Å². The van der Waals surface area contributed by atoms with Gasteiger partial charge in [0.15, 0.2) is 0 Å². The first-order valence-electron chi connectivity index (χ1n) is 11.1. The fourth-order valence-corrected chi connectivity index (χ4v) is 6.53. The van der Waals surface area contributed by atoms with Crippen LogP contribution in [0.25, 0.3) is 0 Å². The molecule has 1 aliphatic carbocycles. The molecule has 1 aromatic heterocycles. The Kier molecular flexibility index (Phi) is 8.31. The molecular formula is C20H34N4O5S2. The van der Waals surface area contributed by atoms with Crippen LogP contribution in [0.3, 0.4) is 0 Å². The van der Waals surface area contributed by atoms with Crippen molar-refractivity contribution in [2.24, 2.45) is 5.92 Å². The molecule has 0 aromatic carbocycles. The molecule has 0 amide bonds. The molecule has 1 atom stereocenters. The van der Waals surface area contributed by atoms with Gasteiger partial charge in [0, 0.05) is 31.9 Å². The lowest BCUT2D eigenvalue weighted by atomic mass is 10.1. The molecule has 1 unspecified atom stereocenters. The molecule has 31 heavy (non-hydrogen) atoms. The monoisotopic (exact) mass is 474 g/mol. The molecule has 1 aliphatic heterocycles. The van der Waals surface area contributed by atoms with Crippen molar-refractivity contribution in [2.45, 2.75) is 68.9 Å². The van der Waals surface area contributed by atoms with Gasteiger partial charge in [-0.15, -0.1) is 0 Å². The number of aliphatic hydroxyl groups excluding tert-OH is 1. The zero-order valence-corrected chi connectivity index (χ0v) is 19.7. The van der Waals surface area contributed by atoms with Gasteiger partial charge in [0.25, 0.3) is 0 Å². The van der Waals surface area contributed by atoms with E-state index in [9.17, 15) is 21.9 Å². The molecule has 0 radical (unpaired) electrons. The average molecular weight is 475 g/mol. The van der Waals surface area contributed by atoms with E-state index >= 15 is 0 Å². The summed E-state index contributed by atoms with van der Waals surface area (Å²) in [6, 6.07) is 2.97. The van der Waals surface area contributed by atoms with Gasteiger partial charge in [-0.05, 0) is 50.2 Å². The summed E-state index contributed by atoms with van der Waals surface area (Å²) in [5.74, 6) is 1.08. The van der Waals surface area contributed by atoms with Crippen molar-refractivity contribution in [3.05, 3.63) is 18.3 Å². The van der Waals surface area contributed by atoms with Crippen LogP contribution in [0.4, 0.5) is 5.82 Å².